The highest BCUT2D eigenvalue weighted by Crippen LogP contribution is 2.57. The quantitative estimate of drug-likeness (QED) is 0.477. The van der Waals surface area contributed by atoms with Gasteiger partial charge in [0, 0.05) is 51.3 Å². The maximum Gasteiger partial charge on any atom is 0.233 e. The summed E-state index contributed by atoms with van der Waals surface area (Å²) in [4.78, 5) is 18.2. The maximum absolute atomic E-state index is 11.5. The van der Waals surface area contributed by atoms with Crippen LogP contribution in [0.1, 0.15) is 45.4 Å². The number of aliphatic imine (C=N–C) groups is 1. The second kappa shape index (κ2) is 8.57. The number of rotatable bonds is 6. The van der Waals surface area contributed by atoms with Crippen molar-refractivity contribution in [1.82, 2.24) is 20.9 Å². The lowest BCUT2D eigenvalue weighted by molar-refractivity contribution is -0.168. The van der Waals surface area contributed by atoms with Crippen molar-refractivity contribution in [3.05, 3.63) is 0 Å². The van der Waals surface area contributed by atoms with Gasteiger partial charge in [0.2, 0.25) is 5.91 Å². The van der Waals surface area contributed by atoms with Gasteiger partial charge in [-0.25, -0.2) is 0 Å². The number of carbonyl (C=O) groups is 1. The Kier molecular flexibility index (Phi) is 6.40. The number of ether oxygens (including phenoxy) is 1. The van der Waals surface area contributed by atoms with E-state index in [4.69, 9.17) is 4.74 Å². The molecule has 0 bridgehead atoms. The van der Waals surface area contributed by atoms with Crippen LogP contribution in [0.3, 0.4) is 0 Å². The topological polar surface area (TPSA) is 78.0 Å². The molecule has 3 N–H and O–H groups in total. The van der Waals surface area contributed by atoms with E-state index < -0.39 is 0 Å². The Morgan fingerprint density at radius 1 is 1.27 bits per heavy atom. The fourth-order valence-electron chi connectivity index (χ4n) is 4.69. The number of hydrogen-bond acceptors (Lipinski definition) is 4. The molecular weight excluding hydrogens is 330 g/mol. The Hall–Kier alpha value is -1.34. The molecule has 2 saturated carbocycles. The minimum Gasteiger partial charge on any atom is -0.378 e. The van der Waals surface area contributed by atoms with Crippen LogP contribution in [0.4, 0.5) is 0 Å². The standard InChI is InChI=1S/C19H35N5O2/c1-4-26-16-12-15(19(16)8-5-9-19)23-18(21-3)22-14-6-10-24(11-7-14)13-17(25)20-2/h14-16H,4-13H2,1-3H3,(H,20,25)(H2,21,22,23). The number of piperidine rings is 1. The van der Waals surface area contributed by atoms with Crippen LogP contribution < -0.4 is 16.0 Å². The largest absolute Gasteiger partial charge is 0.378 e. The SMILES string of the molecule is CCOC1CC(NC(=NC)NC2CCN(CC(=O)NC)CC2)C12CCC2. The Morgan fingerprint density at radius 2 is 2.00 bits per heavy atom. The molecule has 0 aromatic rings. The molecule has 1 saturated heterocycles. The monoisotopic (exact) mass is 365 g/mol. The molecular formula is C19H35N5O2. The summed E-state index contributed by atoms with van der Waals surface area (Å²) in [7, 11) is 3.54. The van der Waals surface area contributed by atoms with Gasteiger partial charge in [0.25, 0.3) is 0 Å². The van der Waals surface area contributed by atoms with Gasteiger partial charge in [-0.2, -0.15) is 0 Å². The van der Waals surface area contributed by atoms with Crippen LogP contribution in [-0.4, -0.2) is 75.3 Å². The van der Waals surface area contributed by atoms with Crippen molar-refractivity contribution in [2.45, 2.75) is 63.6 Å². The molecule has 1 spiro atoms. The summed E-state index contributed by atoms with van der Waals surface area (Å²) in [5, 5.41) is 9.96. The summed E-state index contributed by atoms with van der Waals surface area (Å²) >= 11 is 0. The fourth-order valence-corrected chi connectivity index (χ4v) is 4.69. The normalized spacial score (nSPS) is 29.0. The summed E-state index contributed by atoms with van der Waals surface area (Å²) in [5.74, 6) is 1.01. The van der Waals surface area contributed by atoms with E-state index in [0.717, 1.165) is 44.9 Å². The van der Waals surface area contributed by atoms with Crippen molar-refractivity contribution in [2.75, 3.05) is 40.3 Å². The molecule has 2 aliphatic carbocycles. The summed E-state index contributed by atoms with van der Waals surface area (Å²) in [5.41, 5.74) is 0.338. The number of carbonyl (C=O) groups excluding carboxylic acids is 1. The lowest BCUT2D eigenvalue weighted by atomic mass is 9.51. The lowest BCUT2D eigenvalue weighted by Gasteiger charge is -2.61. The number of likely N-dealkylation sites (N-methyl/N-ethyl adjacent to an activating group) is 1. The molecule has 26 heavy (non-hydrogen) atoms. The van der Waals surface area contributed by atoms with E-state index in [0.29, 0.717) is 30.1 Å². The minimum absolute atomic E-state index is 0.0912. The average Bonchev–Trinajstić information content (AvgIpc) is 2.59. The fraction of sp³-hybridized carbons (Fsp3) is 0.895. The van der Waals surface area contributed by atoms with Gasteiger partial charge in [0.1, 0.15) is 0 Å². The van der Waals surface area contributed by atoms with Crippen molar-refractivity contribution in [3.63, 3.8) is 0 Å². The molecule has 7 nitrogen and oxygen atoms in total. The van der Waals surface area contributed by atoms with Crippen LogP contribution in [0.2, 0.25) is 0 Å². The van der Waals surface area contributed by atoms with Crippen LogP contribution in [0.25, 0.3) is 0 Å². The molecule has 7 heteroatoms. The first-order valence-electron chi connectivity index (χ1n) is 10.2. The van der Waals surface area contributed by atoms with E-state index >= 15 is 0 Å². The zero-order valence-corrected chi connectivity index (χ0v) is 16.5. The zero-order valence-electron chi connectivity index (χ0n) is 16.5. The highest BCUT2D eigenvalue weighted by molar-refractivity contribution is 5.80. The number of hydrogen-bond donors (Lipinski definition) is 3. The molecule has 2 atom stereocenters. The maximum atomic E-state index is 11.5. The molecule has 1 heterocycles. The first-order valence-corrected chi connectivity index (χ1v) is 10.2. The molecule has 2 unspecified atom stereocenters. The van der Waals surface area contributed by atoms with Gasteiger partial charge in [0.15, 0.2) is 5.96 Å². The average molecular weight is 366 g/mol. The van der Waals surface area contributed by atoms with Crippen LogP contribution in [-0.2, 0) is 9.53 Å². The summed E-state index contributed by atoms with van der Waals surface area (Å²) in [6.45, 7) is 5.29. The third-order valence-corrected chi connectivity index (χ3v) is 6.55. The van der Waals surface area contributed by atoms with Crippen LogP contribution in [0.15, 0.2) is 4.99 Å². The summed E-state index contributed by atoms with van der Waals surface area (Å²) < 4.78 is 5.95. The molecule has 3 rings (SSSR count). The number of likely N-dealkylation sites (tertiary alicyclic amines) is 1. The first-order chi connectivity index (χ1) is 12.6. The van der Waals surface area contributed by atoms with Crippen molar-refractivity contribution in [3.8, 4) is 0 Å². The Balaban J connectivity index is 1.44. The predicted molar refractivity (Wildman–Crippen MR) is 103 cm³/mol. The molecule has 148 valence electrons. The smallest absolute Gasteiger partial charge is 0.233 e. The van der Waals surface area contributed by atoms with Crippen molar-refractivity contribution >= 4 is 11.9 Å². The Morgan fingerprint density at radius 3 is 2.54 bits per heavy atom. The van der Waals surface area contributed by atoms with Crippen molar-refractivity contribution in [1.29, 1.82) is 0 Å². The summed E-state index contributed by atoms with van der Waals surface area (Å²) in [6, 6.07) is 0.898. The van der Waals surface area contributed by atoms with Gasteiger partial charge < -0.3 is 20.7 Å². The van der Waals surface area contributed by atoms with Crippen LogP contribution in [0.5, 0.6) is 0 Å². The van der Waals surface area contributed by atoms with Gasteiger partial charge in [0.05, 0.1) is 12.6 Å². The molecule has 1 amide bonds. The summed E-state index contributed by atoms with van der Waals surface area (Å²) in [6.07, 6.45) is 7.43. The first kappa shape index (κ1) is 19.4. The Labute approximate surface area is 157 Å². The van der Waals surface area contributed by atoms with Gasteiger partial charge in [-0.1, -0.05) is 6.42 Å². The van der Waals surface area contributed by atoms with E-state index in [9.17, 15) is 4.79 Å². The van der Waals surface area contributed by atoms with Crippen molar-refractivity contribution in [2.24, 2.45) is 10.4 Å². The molecule has 1 aliphatic heterocycles. The molecule has 3 fully saturated rings. The third kappa shape index (κ3) is 3.98. The second-order valence-electron chi connectivity index (χ2n) is 7.90. The minimum atomic E-state index is 0.0912. The Bertz CT molecular complexity index is 512. The van der Waals surface area contributed by atoms with Crippen molar-refractivity contribution < 1.29 is 9.53 Å². The van der Waals surface area contributed by atoms with E-state index in [1.807, 2.05) is 7.05 Å². The van der Waals surface area contributed by atoms with Crippen LogP contribution >= 0.6 is 0 Å². The van der Waals surface area contributed by atoms with Gasteiger partial charge in [-0.05, 0) is 39.0 Å². The molecule has 0 radical (unpaired) electrons. The van der Waals surface area contributed by atoms with E-state index in [-0.39, 0.29) is 5.91 Å². The highest BCUT2D eigenvalue weighted by atomic mass is 16.5. The van der Waals surface area contributed by atoms with E-state index in [1.54, 1.807) is 7.05 Å². The number of guanidine groups is 1. The van der Waals surface area contributed by atoms with Gasteiger partial charge >= 0.3 is 0 Å². The number of amides is 1. The third-order valence-electron chi connectivity index (χ3n) is 6.55. The zero-order chi connectivity index (χ0) is 18.6. The second-order valence-corrected chi connectivity index (χ2v) is 7.90. The highest BCUT2D eigenvalue weighted by Gasteiger charge is 2.59. The molecule has 3 aliphatic rings. The number of nitrogens with zero attached hydrogens (tertiary/aromatic N) is 2. The predicted octanol–water partition coefficient (Wildman–Crippen LogP) is 0.710. The van der Waals surface area contributed by atoms with E-state index in [1.165, 1.54) is 19.3 Å². The lowest BCUT2D eigenvalue weighted by Crippen LogP contribution is -2.69. The van der Waals surface area contributed by atoms with Gasteiger partial charge in [-0.3, -0.25) is 14.7 Å². The van der Waals surface area contributed by atoms with Crippen LogP contribution in [0, 0.1) is 5.41 Å². The van der Waals surface area contributed by atoms with Gasteiger partial charge in [-0.15, -0.1) is 0 Å². The molecule has 0 aromatic heterocycles. The molecule has 0 aromatic carbocycles. The number of nitrogens with one attached hydrogen (secondary N) is 3. The van der Waals surface area contributed by atoms with E-state index in [2.05, 4.69) is 32.8 Å².